The fraction of sp³-hybridized carbons (Fsp3) is 0.467. The van der Waals surface area contributed by atoms with Crippen LogP contribution in [0.1, 0.15) is 32.1 Å². The summed E-state index contributed by atoms with van der Waals surface area (Å²) in [5, 5.41) is 2.83. The van der Waals surface area contributed by atoms with Crippen LogP contribution in [0.15, 0.2) is 24.3 Å². The van der Waals surface area contributed by atoms with Crippen LogP contribution in [0.3, 0.4) is 0 Å². The van der Waals surface area contributed by atoms with Crippen LogP contribution < -0.4 is 21.5 Å². The molecule has 22 heavy (non-hydrogen) atoms. The van der Waals surface area contributed by atoms with Crippen molar-refractivity contribution in [3.8, 4) is 5.75 Å². The van der Waals surface area contributed by atoms with Crippen molar-refractivity contribution in [2.75, 3.05) is 11.9 Å². The molecule has 1 aromatic carbocycles. The lowest BCUT2D eigenvalue weighted by molar-refractivity contribution is -0.121. The second-order valence-electron chi connectivity index (χ2n) is 5.41. The third-order valence-electron chi connectivity index (χ3n) is 3.68. The molecule has 0 saturated heterocycles. The molecule has 1 aliphatic carbocycles. The number of rotatable bonds is 6. The molecule has 5 N–H and O–H groups in total. The Kier molecular flexibility index (Phi) is 6.64. The van der Waals surface area contributed by atoms with E-state index in [9.17, 15) is 9.59 Å². The molecule has 1 saturated carbocycles. The smallest absolute Gasteiger partial charge is 0.244 e. The second kappa shape index (κ2) is 8.00. The van der Waals surface area contributed by atoms with E-state index >= 15 is 0 Å². The highest BCUT2D eigenvalue weighted by atomic mass is 35.5. The third-order valence-corrected chi connectivity index (χ3v) is 3.68. The number of amides is 2. The number of primary amides is 1. The maximum atomic E-state index is 12.1. The molecule has 2 amide bonds. The highest BCUT2D eigenvalue weighted by molar-refractivity contribution is 5.98. The van der Waals surface area contributed by atoms with Crippen LogP contribution in [0, 0.1) is 0 Å². The largest absolute Gasteiger partial charge is 0.493 e. The average molecular weight is 328 g/mol. The molecule has 0 aromatic heterocycles. The molecule has 0 bridgehead atoms. The lowest BCUT2D eigenvalue weighted by atomic mass is 9.98. The van der Waals surface area contributed by atoms with Gasteiger partial charge < -0.3 is 21.5 Å². The molecule has 1 aliphatic rings. The van der Waals surface area contributed by atoms with Crippen LogP contribution >= 0.6 is 12.4 Å². The molecule has 0 radical (unpaired) electrons. The zero-order chi connectivity index (χ0) is 15.3. The van der Waals surface area contributed by atoms with Gasteiger partial charge in [0.2, 0.25) is 11.8 Å². The predicted octanol–water partition coefficient (Wildman–Crippen LogP) is 1.57. The number of ether oxygens (including phenoxy) is 1. The van der Waals surface area contributed by atoms with Gasteiger partial charge in [-0.1, -0.05) is 12.8 Å². The van der Waals surface area contributed by atoms with Crippen LogP contribution in [-0.2, 0) is 9.59 Å². The van der Waals surface area contributed by atoms with Gasteiger partial charge in [-0.05, 0) is 37.1 Å². The maximum Gasteiger partial charge on any atom is 0.244 e. The molecule has 1 fully saturated rings. The quantitative estimate of drug-likeness (QED) is 0.737. The Hall–Kier alpha value is -1.79. The second-order valence-corrected chi connectivity index (χ2v) is 5.41. The number of halogens is 1. The van der Waals surface area contributed by atoms with Crippen LogP contribution in [-0.4, -0.2) is 24.0 Å². The highest BCUT2D eigenvalue weighted by Gasteiger charge is 2.36. The van der Waals surface area contributed by atoms with Gasteiger partial charge in [0.1, 0.15) is 5.75 Å². The Bertz CT molecular complexity index is 513. The number of carbonyl (C=O) groups is 2. The Labute approximate surface area is 136 Å². The van der Waals surface area contributed by atoms with Gasteiger partial charge in [-0.3, -0.25) is 9.59 Å². The zero-order valence-corrected chi connectivity index (χ0v) is 13.2. The van der Waals surface area contributed by atoms with E-state index < -0.39 is 11.4 Å². The van der Waals surface area contributed by atoms with Gasteiger partial charge in [0.05, 0.1) is 18.6 Å². The Morgan fingerprint density at radius 2 is 1.77 bits per heavy atom. The number of benzene rings is 1. The lowest BCUT2D eigenvalue weighted by Crippen LogP contribution is -2.48. The van der Waals surface area contributed by atoms with Gasteiger partial charge in [0.25, 0.3) is 0 Å². The van der Waals surface area contributed by atoms with E-state index in [-0.39, 0.29) is 31.3 Å². The molecule has 6 nitrogen and oxygen atoms in total. The van der Waals surface area contributed by atoms with Crippen LogP contribution in [0.25, 0.3) is 0 Å². The molecule has 0 unspecified atom stereocenters. The van der Waals surface area contributed by atoms with Gasteiger partial charge in [0.15, 0.2) is 0 Å². The van der Waals surface area contributed by atoms with Crippen molar-refractivity contribution in [2.24, 2.45) is 11.5 Å². The van der Waals surface area contributed by atoms with Gasteiger partial charge in [-0.25, -0.2) is 0 Å². The third kappa shape index (κ3) is 4.89. The maximum absolute atomic E-state index is 12.1. The standard InChI is InChI=1S/C15H21N3O3.ClH/c16-13(19)7-10-21-12-5-3-11(4-6-12)18-14(20)15(17)8-1-2-9-15;/h3-6H,1-2,7-10,17H2,(H2,16,19)(H,18,20);1H. The lowest BCUT2D eigenvalue weighted by Gasteiger charge is -2.22. The van der Waals surface area contributed by atoms with E-state index in [1.165, 1.54) is 0 Å². The summed E-state index contributed by atoms with van der Waals surface area (Å²) in [6.45, 7) is 0.243. The summed E-state index contributed by atoms with van der Waals surface area (Å²) in [5.74, 6) is 0.0867. The molecule has 2 rings (SSSR count). The average Bonchev–Trinajstić information content (AvgIpc) is 2.89. The number of nitrogens with one attached hydrogen (secondary N) is 1. The first-order valence-corrected chi connectivity index (χ1v) is 7.11. The van der Waals surface area contributed by atoms with Crippen molar-refractivity contribution in [1.29, 1.82) is 0 Å². The molecule has 0 atom stereocenters. The number of hydrogen-bond acceptors (Lipinski definition) is 4. The van der Waals surface area contributed by atoms with E-state index in [0.29, 0.717) is 11.4 Å². The minimum atomic E-state index is -0.739. The summed E-state index contributed by atoms with van der Waals surface area (Å²) in [6, 6.07) is 6.95. The molecule has 122 valence electrons. The number of anilines is 1. The fourth-order valence-corrected chi connectivity index (χ4v) is 2.39. The van der Waals surface area contributed by atoms with Crippen molar-refractivity contribution in [1.82, 2.24) is 0 Å². The van der Waals surface area contributed by atoms with Crippen molar-refractivity contribution in [2.45, 2.75) is 37.6 Å². The monoisotopic (exact) mass is 327 g/mol. The minimum absolute atomic E-state index is 0. The van der Waals surface area contributed by atoms with Crippen molar-refractivity contribution in [3.63, 3.8) is 0 Å². The Balaban J connectivity index is 0.00000242. The first-order chi connectivity index (χ1) is 9.99. The SMILES string of the molecule is Cl.NC(=O)CCOc1ccc(NC(=O)C2(N)CCCC2)cc1. The van der Waals surface area contributed by atoms with Gasteiger partial charge in [0, 0.05) is 5.69 Å². The molecular weight excluding hydrogens is 306 g/mol. The minimum Gasteiger partial charge on any atom is -0.493 e. The van der Waals surface area contributed by atoms with E-state index in [2.05, 4.69) is 5.32 Å². The van der Waals surface area contributed by atoms with Gasteiger partial charge in [-0.15, -0.1) is 12.4 Å². The Morgan fingerprint density at radius 1 is 1.18 bits per heavy atom. The van der Waals surface area contributed by atoms with E-state index in [1.807, 2.05) is 0 Å². The number of hydrogen-bond donors (Lipinski definition) is 3. The van der Waals surface area contributed by atoms with E-state index in [0.717, 1.165) is 25.7 Å². The summed E-state index contributed by atoms with van der Waals surface area (Å²) in [4.78, 5) is 22.8. The normalized spacial score (nSPS) is 15.7. The number of nitrogens with two attached hydrogens (primary N) is 2. The fourth-order valence-electron chi connectivity index (χ4n) is 2.39. The first-order valence-electron chi connectivity index (χ1n) is 7.11. The van der Waals surface area contributed by atoms with Crippen LogP contribution in [0.2, 0.25) is 0 Å². The predicted molar refractivity (Wildman–Crippen MR) is 87.0 cm³/mol. The van der Waals surface area contributed by atoms with E-state index in [1.54, 1.807) is 24.3 Å². The van der Waals surface area contributed by atoms with Gasteiger partial charge in [-0.2, -0.15) is 0 Å². The summed E-state index contributed by atoms with van der Waals surface area (Å²) >= 11 is 0. The molecule has 0 aliphatic heterocycles. The number of carbonyl (C=O) groups excluding carboxylic acids is 2. The Morgan fingerprint density at radius 3 is 2.32 bits per heavy atom. The van der Waals surface area contributed by atoms with Crippen molar-refractivity contribution >= 4 is 29.9 Å². The van der Waals surface area contributed by atoms with Crippen molar-refractivity contribution in [3.05, 3.63) is 24.3 Å². The van der Waals surface area contributed by atoms with E-state index in [4.69, 9.17) is 16.2 Å². The molecular formula is C15H22ClN3O3. The topological polar surface area (TPSA) is 107 Å². The molecule has 0 heterocycles. The van der Waals surface area contributed by atoms with Crippen LogP contribution in [0.4, 0.5) is 5.69 Å². The summed E-state index contributed by atoms with van der Waals surface area (Å²) in [7, 11) is 0. The molecule has 7 heteroatoms. The molecule has 1 aromatic rings. The zero-order valence-electron chi connectivity index (χ0n) is 12.3. The van der Waals surface area contributed by atoms with Crippen LogP contribution in [0.5, 0.6) is 5.75 Å². The first kappa shape index (κ1) is 18.3. The van der Waals surface area contributed by atoms with Gasteiger partial charge >= 0.3 is 0 Å². The van der Waals surface area contributed by atoms with Crippen molar-refractivity contribution < 1.29 is 14.3 Å². The summed E-state index contributed by atoms with van der Waals surface area (Å²) in [5.41, 5.74) is 11.1. The molecule has 0 spiro atoms. The summed E-state index contributed by atoms with van der Waals surface area (Å²) in [6.07, 6.45) is 3.63. The summed E-state index contributed by atoms with van der Waals surface area (Å²) < 4.78 is 5.36. The highest BCUT2D eigenvalue weighted by Crippen LogP contribution is 2.28.